The lowest BCUT2D eigenvalue weighted by atomic mass is 9.80. The zero-order chi connectivity index (χ0) is 29.6. The van der Waals surface area contributed by atoms with Crippen LogP contribution in [0.2, 0.25) is 0 Å². The molecule has 4 aromatic rings. The standard InChI is InChI=1S/C34H35N3O4S/c1-6-35(7-2)23-15-14-22-18-26(33(39)41-29(22)19-23)31-21-34(27-13-11-10-12-25(27)32(38)37(34)42-5)28-17-16-24(20-30(28)40-31)36(8-3)9-4/h10-21H,6-9H2,1-5H3. The summed E-state index contributed by atoms with van der Waals surface area (Å²) in [5, 5.41) is 0.798. The highest BCUT2D eigenvalue weighted by Gasteiger charge is 2.53. The van der Waals surface area contributed by atoms with E-state index in [1.807, 2.05) is 73.0 Å². The van der Waals surface area contributed by atoms with Gasteiger partial charge in [-0.25, -0.2) is 4.79 Å². The van der Waals surface area contributed by atoms with Crippen LogP contribution in [0.4, 0.5) is 11.4 Å². The van der Waals surface area contributed by atoms with Crippen LogP contribution < -0.4 is 20.2 Å². The minimum absolute atomic E-state index is 0.0798. The SMILES string of the molecule is CCN(CC)c1ccc2c(c1)OC(c1cc3ccc(N(CC)CC)cc3oc1=O)=CC21c2ccccc2C(=O)N1SC. The van der Waals surface area contributed by atoms with Gasteiger partial charge in [-0.1, -0.05) is 24.3 Å². The van der Waals surface area contributed by atoms with Crippen LogP contribution in [-0.4, -0.2) is 42.6 Å². The monoisotopic (exact) mass is 581 g/mol. The molecule has 216 valence electrons. The number of hydrogen-bond donors (Lipinski definition) is 0. The summed E-state index contributed by atoms with van der Waals surface area (Å²) < 4.78 is 14.3. The molecular weight excluding hydrogens is 546 g/mol. The van der Waals surface area contributed by atoms with Crippen molar-refractivity contribution in [2.75, 3.05) is 42.2 Å². The van der Waals surface area contributed by atoms with Gasteiger partial charge in [0.1, 0.15) is 28.2 Å². The first-order valence-corrected chi connectivity index (χ1v) is 15.7. The van der Waals surface area contributed by atoms with Crippen molar-refractivity contribution in [3.05, 3.63) is 105 Å². The number of rotatable bonds is 8. The summed E-state index contributed by atoms with van der Waals surface area (Å²) in [6.45, 7) is 11.8. The van der Waals surface area contributed by atoms with Gasteiger partial charge in [-0.15, -0.1) is 0 Å². The van der Waals surface area contributed by atoms with E-state index in [4.69, 9.17) is 9.15 Å². The van der Waals surface area contributed by atoms with Gasteiger partial charge < -0.3 is 19.0 Å². The van der Waals surface area contributed by atoms with E-state index >= 15 is 0 Å². The van der Waals surface area contributed by atoms with Crippen molar-refractivity contribution in [1.29, 1.82) is 0 Å². The highest BCUT2D eigenvalue weighted by atomic mass is 32.2. The third-order valence-corrected chi connectivity index (χ3v) is 9.25. The van der Waals surface area contributed by atoms with Gasteiger partial charge in [0.05, 0.1) is 0 Å². The van der Waals surface area contributed by atoms with E-state index in [0.29, 0.717) is 28.2 Å². The lowest BCUT2D eigenvalue weighted by Crippen LogP contribution is -2.41. The second-order valence-corrected chi connectivity index (χ2v) is 11.1. The fourth-order valence-electron chi connectivity index (χ4n) is 6.30. The second-order valence-electron chi connectivity index (χ2n) is 10.4. The maximum atomic E-state index is 13.7. The second kappa shape index (κ2) is 10.9. The Bertz CT molecular complexity index is 1770. The summed E-state index contributed by atoms with van der Waals surface area (Å²) >= 11 is 1.37. The third kappa shape index (κ3) is 4.19. The average molecular weight is 582 g/mol. The summed E-state index contributed by atoms with van der Waals surface area (Å²) in [5.74, 6) is 0.895. The van der Waals surface area contributed by atoms with E-state index in [1.54, 1.807) is 4.31 Å². The van der Waals surface area contributed by atoms with Crippen LogP contribution in [0.15, 0.2) is 82.0 Å². The average Bonchev–Trinajstić information content (AvgIpc) is 3.24. The molecular formula is C34H35N3O4S. The predicted molar refractivity (Wildman–Crippen MR) is 172 cm³/mol. The minimum atomic E-state index is -0.966. The lowest BCUT2D eigenvalue weighted by Gasteiger charge is -2.40. The Labute approximate surface area is 250 Å². The van der Waals surface area contributed by atoms with Crippen LogP contribution in [-0.2, 0) is 5.54 Å². The topological polar surface area (TPSA) is 66.2 Å². The minimum Gasteiger partial charge on any atom is -0.456 e. The number of nitrogens with zero attached hydrogens (tertiary/aromatic N) is 3. The van der Waals surface area contributed by atoms with E-state index in [2.05, 4.69) is 43.6 Å². The smallest absolute Gasteiger partial charge is 0.347 e. The molecule has 0 saturated carbocycles. The van der Waals surface area contributed by atoms with Crippen molar-refractivity contribution >= 4 is 46.0 Å². The maximum absolute atomic E-state index is 13.7. The van der Waals surface area contributed by atoms with Crippen LogP contribution >= 0.6 is 11.9 Å². The van der Waals surface area contributed by atoms with Crippen molar-refractivity contribution in [1.82, 2.24) is 4.31 Å². The van der Waals surface area contributed by atoms with Crippen LogP contribution in [0.1, 0.15) is 54.7 Å². The number of ether oxygens (including phenoxy) is 1. The molecule has 2 aliphatic heterocycles. The van der Waals surface area contributed by atoms with E-state index in [0.717, 1.165) is 54.1 Å². The van der Waals surface area contributed by atoms with Crippen molar-refractivity contribution in [2.45, 2.75) is 33.2 Å². The summed E-state index contributed by atoms with van der Waals surface area (Å²) in [6, 6.07) is 21.6. The Hall–Kier alpha value is -4.17. The molecule has 0 aliphatic carbocycles. The van der Waals surface area contributed by atoms with E-state index < -0.39 is 11.2 Å². The molecule has 2 aliphatic rings. The fraction of sp³-hybridized carbons (Fsp3) is 0.294. The van der Waals surface area contributed by atoms with E-state index in [1.165, 1.54) is 11.9 Å². The molecule has 6 rings (SSSR count). The number of fused-ring (bicyclic) bond motifs is 5. The molecule has 7 nitrogen and oxygen atoms in total. The predicted octanol–water partition coefficient (Wildman–Crippen LogP) is 6.90. The molecule has 1 spiro atoms. The number of anilines is 2. The number of benzene rings is 3. The van der Waals surface area contributed by atoms with E-state index in [9.17, 15) is 9.59 Å². The zero-order valence-electron chi connectivity index (χ0n) is 24.6. The molecule has 0 fully saturated rings. The molecule has 0 saturated heterocycles. The van der Waals surface area contributed by atoms with E-state index in [-0.39, 0.29) is 5.91 Å². The summed E-state index contributed by atoms with van der Waals surface area (Å²) in [6.07, 6.45) is 3.81. The van der Waals surface area contributed by atoms with Gasteiger partial charge in [0.25, 0.3) is 5.91 Å². The molecule has 42 heavy (non-hydrogen) atoms. The number of hydrogen-bond acceptors (Lipinski definition) is 7. The van der Waals surface area contributed by atoms with Crippen molar-refractivity contribution in [3.8, 4) is 5.75 Å². The van der Waals surface area contributed by atoms with Crippen molar-refractivity contribution in [3.63, 3.8) is 0 Å². The Morgan fingerprint density at radius 3 is 2.14 bits per heavy atom. The quantitative estimate of drug-likeness (QED) is 0.166. The largest absolute Gasteiger partial charge is 0.456 e. The molecule has 3 aromatic carbocycles. The normalized spacial score (nSPS) is 17.2. The highest BCUT2D eigenvalue weighted by molar-refractivity contribution is 7.96. The zero-order valence-corrected chi connectivity index (χ0v) is 25.5. The van der Waals surface area contributed by atoms with Gasteiger partial charge in [-0.2, -0.15) is 0 Å². The van der Waals surface area contributed by atoms with Gasteiger partial charge in [-0.05, 0) is 76.1 Å². The number of carbonyl (C=O) groups is 1. The molecule has 1 atom stereocenters. The lowest BCUT2D eigenvalue weighted by molar-refractivity contribution is 0.0847. The molecule has 0 bridgehead atoms. The fourth-order valence-corrected chi connectivity index (χ4v) is 7.10. The van der Waals surface area contributed by atoms with Crippen molar-refractivity contribution < 1.29 is 13.9 Å². The van der Waals surface area contributed by atoms with Gasteiger partial charge in [0.15, 0.2) is 0 Å². The van der Waals surface area contributed by atoms with Crippen LogP contribution in [0, 0.1) is 0 Å². The Kier molecular flexibility index (Phi) is 7.27. The van der Waals surface area contributed by atoms with Gasteiger partial charge in [0.2, 0.25) is 0 Å². The first-order chi connectivity index (χ1) is 20.4. The first-order valence-electron chi connectivity index (χ1n) is 14.5. The Balaban J connectivity index is 1.58. The summed E-state index contributed by atoms with van der Waals surface area (Å²) in [5.41, 5.74) is 3.74. The van der Waals surface area contributed by atoms with Gasteiger partial charge >= 0.3 is 5.63 Å². The summed E-state index contributed by atoms with van der Waals surface area (Å²) in [4.78, 5) is 31.8. The Morgan fingerprint density at radius 2 is 1.45 bits per heavy atom. The first kappa shape index (κ1) is 28.0. The molecule has 0 N–H and O–H groups in total. The van der Waals surface area contributed by atoms with Crippen LogP contribution in [0.5, 0.6) is 5.75 Å². The van der Waals surface area contributed by atoms with Gasteiger partial charge in [0, 0.05) is 78.0 Å². The maximum Gasteiger partial charge on any atom is 0.347 e. The molecule has 3 heterocycles. The Morgan fingerprint density at radius 1 is 0.786 bits per heavy atom. The molecule has 1 unspecified atom stereocenters. The summed E-state index contributed by atoms with van der Waals surface area (Å²) in [7, 11) is 0. The van der Waals surface area contributed by atoms with Crippen LogP contribution in [0.3, 0.4) is 0 Å². The number of carbonyl (C=O) groups excluding carboxylic acids is 1. The molecule has 0 radical (unpaired) electrons. The molecule has 8 heteroatoms. The number of amides is 1. The van der Waals surface area contributed by atoms with Gasteiger partial charge in [-0.3, -0.25) is 9.10 Å². The molecule has 1 aromatic heterocycles. The highest BCUT2D eigenvalue weighted by Crippen LogP contribution is 2.54. The third-order valence-electron chi connectivity index (χ3n) is 8.43. The van der Waals surface area contributed by atoms with Crippen molar-refractivity contribution in [2.24, 2.45) is 0 Å². The van der Waals surface area contributed by atoms with Crippen LogP contribution in [0.25, 0.3) is 16.7 Å². The molecule has 1 amide bonds.